The number of hydrogen-bond acceptors (Lipinski definition) is 6. The summed E-state index contributed by atoms with van der Waals surface area (Å²) in [7, 11) is 0. The van der Waals surface area contributed by atoms with Crippen LogP contribution in [0, 0.1) is 17.6 Å². The minimum atomic E-state index is -0.590. The number of benzene rings is 4. The molecule has 10 heteroatoms. The van der Waals surface area contributed by atoms with E-state index in [4.69, 9.17) is 25.8 Å². The van der Waals surface area contributed by atoms with E-state index in [1.807, 2.05) is 65.6 Å². The molecular formula is C38H32ClF2N3O4. The molecule has 7 nitrogen and oxygen atoms in total. The zero-order valence-corrected chi connectivity index (χ0v) is 26.7. The normalized spacial score (nSPS) is 13.8. The van der Waals surface area contributed by atoms with Gasteiger partial charge in [0, 0.05) is 65.7 Å². The Morgan fingerprint density at radius 1 is 0.896 bits per heavy atom. The average Bonchev–Trinajstić information content (AvgIpc) is 3.56. The van der Waals surface area contributed by atoms with E-state index in [0.717, 1.165) is 22.8 Å². The zero-order chi connectivity index (χ0) is 33.0. The second kappa shape index (κ2) is 13.9. The smallest absolute Gasteiger partial charge is 0.225 e. The molecule has 244 valence electrons. The summed E-state index contributed by atoms with van der Waals surface area (Å²) < 4.78 is 48.7. The van der Waals surface area contributed by atoms with Crippen molar-refractivity contribution in [1.29, 1.82) is 0 Å². The van der Waals surface area contributed by atoms with Crippen LogP contribution >= 0.6 is 11.6 Å². The number of carbonyl (C=O) groups excluding carboxylic acids is 1. The largest absolute Gasteiger partial charge is 0.491 e. The molecule has 1 saturated heterocycles. The molecule has 1 N–H and O–H groups in total. The topological polar surface area (TPSA) is 72.9 Å². The summed E-state index contributed by atoms with van der Waals surface area (Å²) >= 11 is 5.81. The molecule has 48 heavy (non-hydrogen) atoms. The average molecular weight is 668 g/mol. The van der Waals surface area contributed by atoms with Gasteiger partial charge in [-0.15, -0.1) is 0 Å². The number of amides is 1. The van der Waals surface area contributed by atoms with Crippen LogP contribution in [0.4, 0.5) is 20.2 Å². The van der Waals surface area contributed by atoms with Gasteiger partial charge in [0.05, 0.1) is 18.0 Å². The number of nitrogens with one attached hydrogen (secondary N) is 1. The first kappa shape index (κ1) is 31.4. The van der Waals surface area contributed by atoms with E-state index < -0.39 is 11.6 Å². The van der Waals surface area contributed by atoms with Crippen molar-refractivity contribution in [2.75, 3.05) is 29.9 Å². The fourth-order valence-corrected chi connectivity index (χ4v) is 6.22. The summed E-state index contributed by atoms with van der Waals surface area (Å²) in [5.74, 6) is -0.0369. The van der Waals surface area contributed by atoms with Gasteiger partial charge in [-0.2, -0.15) is 4.98 Å². The summed E-state index contributed by atoms with van der Waals surface area (Å²) in [6.45, 7) is 2.05. The molecule has 1 aromatic heterocycles. The van der Waals surface area contributed by atoms with Gasteiger partial charge in [0.1, 0.15) is 30.6 Å². The first-order valence-electron chi connectivity index (χ1n) is 15.7. The Morgan fingerprint density at radius 3 is 2.31 bits per heavy atom. The first-order valence-corrected chi connectivity index (χ1v) is 16.1. The molecular weight excluding hydrogens is 636 g/mol. The summed E-state index contributed by atoms with van der Waals surface area (Å²) in [6.07, 6.45) is 0.723. The molecule has 0 radical (unpaired) electrons. The standard InChI is InChI=1S/C38H32ClF2N3O4/c39-27-11-13-32(30(40)18-27)42-34(45)17-26-20-44(21-26)33-19-31(41)36(28-15-16-46-37(28)33)29-12-14-35(47-22-24-7-3-1-4-8-24)43-38(29)48-23-25-9-5-2-6-10-25/h1-14,18-19,26H,15-17,20-23H2,(H,42,45). The lowest BCUT2D eigenvalue weighted by atomic mass is 9.92. The third-order valence-corrected chi connectivity index (χ3v) is 8.67. The number of rotatable bonds is 11. The quantitative estimate of drug-likeness (QED) is 0.153. The predicted octanol–water partition coefficient (Wildman–Crippen LogP) is 8.24. The number of halogens is 3. The number of nitrogens with zero attached hydrogens (tertiary/aromatic N) is 2. The van der Waals surface area contributed by atoms with E-state index >= 15 is 4.39 Å². The van der Waals surface area contributed by atoms with Crippen LogP contribution in [0.2, 0.25) is 5.02 Å². The lowest BCUT2D eigenvalue weighted by molar-refractivity contribution is -0.117. The maximum Gasteiger partial charge on any atom is 0.225 e. The summed E-state index contributed by atoms with van der Waals surface area (Å²) in [5, 5.41) is 2.87. The van der Waals surface area contributed by atoms with Gasteiger partial charge in [-0.05, 0) is 35.4 Å². The molecule has 0 spiro atoms. The number of carbonyl (C=O) groups is 1. The van der Waals surface area contributed by atoms with Crippen molar-refractivity contribution >= 4 is 28.9 Å². The van der Waals surface area contributed by atoms with Crippen LogP contribution in [-0.4, -0.2) is 30.6 Å². The van der Waals surface area contributed by atoms with Crippen LogP contribution in [0.25, 0.3) is 11.1 Å². The van der Waals surface area contributed by atoms with Crippen LogP contribution in [0.15, 0.2) is 97.1 Å². The van der Waals surface area contributed by atoms with E-state index in [1.165, 1.54) is 18.2 Å². The molecule has 0 unspecified atom stereocenters. The molecule has 2 aliphatic rings. The predicted molar refractivity (Wildman–Crippen MR) is 181 cm³/mol. The minimum Gasteiger partial charge on any atom is -0.491 e. The second-order valence-electron chi connectivity index (χ2n) is 11.9. The Balaban J connectivity index is 1.10. The lowest BCUT2D eigenvalue weighted by Crippen LogP contribution is -2.48. The monoisotopic (exact) mass is 667 g/mol. The van der Waals surface area contributed by atoms with Crippen molar-refractivity contribution in [3.05, 3.63) is 130 Å². The molecule has 0 saturated carbocycles. The molecule has 7 rings (SSSR count). The van der Waals surface area contributed by atoms with Crippen molar-refractivity contribution in [2.45, 2.75) is 26.1 Å². The molecule has 0 aliphatic carbocycles. The molecule has 1 fully saturated rings. The Labute approximate surface area is 282 Å². The lowest BCUT2D eigenvalue weighted by Gasteiger charge is -2.41. The number of pyridine rings is 1. The van der Waals surface area contributed by atoms with Crippen molar-refractivity contribution in [2.24, 2.45) is 5.92 Å². The van der Waals surface area contributed by atoms with E-state index in [-0.39, 0.29) is 41.4 Å². The molecule has 4 aromatic carbocycles. The summed E-state index contributed by atoms with van der Waals surface area (Å²) in [4.78, 5) is 19.3. The number of hydrogen-bond donors (Lipinski definition) is 1. The van der Waals surface area contributed by atoms with Gasteiger partial charge in [-0.25, -0.2) is 8.78 Å². The van der Waals surface area contributed by atoms with Crippen molar-refractivity contribution in [1.82, 2.24) is 4.98 Å². The third-order valence-electron chi connectivity index (χ3n) is 8.44. The molecule has 1 amide bonds. The maximum absolute atomic E-state index is 16.2. The summed E-state index contributed by atoms with van der Waals surface area (Å²) in [6, 6.07) is 28.6. The van der Waals surface area contributed by atoms with E-state index in [1.54, 1.807) is 12.1 Å². The van der Waals surface area contributed by atoms with Gasteiger partial charge in [0.2, 0.25) is 17.7 Å². The SMILES string of the molecule is O=C(CC1CN(c2cc(F)c(-c3ccc(OCc4ccccc4)nc3OCc3ccccc3)c3c2OCC3)C1)Nc1ccc(Cl)cc1F. The van der Waals surface area contributed by atoms with E-state index in [9.17, 15) is 9.18 Å². The summed E-state index contributed by atoms with van der Waals surface area (Å²) in [5.41, 5.74) is 4.32. The highest BCUT2D eigenvalue weighted by atomic mass is 35.5. The number of ether oxygens (including phenoxy) is 3. The Bertz CT molecular complexity index is 1940. The van der Waals surface area contributed by atoms with Crippen LogP contribution < -0.4 is 24.4 Å². The third kappa shape index (κ3) is 6.92. The van der Waals surface area contributed by atoms with Crippen molar-refractivity contribution in [3.8, 4) is 28.6 Å². The number of anilines is 2. The van der Waals surface area contributed by atoms with Crippen LogP contribution in [0.3, 0.4) is 0 Å². The Morgan fingerprint density at radius 2 is 1.60 bits per heavy atom. The van der Waals surface area contributed by atoms with E-state index in [2.05, 4.69) is 10.3 Å². The minimum absolute atomic E-state index is 0.0192. The fourth-order valence-electron chi connectivity index (χ4n) is 6.06. The molecule has 3 heterocycles. The zero-order valence-electron chi connectivity index (χ0n) is 25.9. The van der Waals surface area contributed by atoms with Crippen LogP contribution in [-0.2, 0) is 24.4 Å². The highest BCUT2D eigenvalue weighted by Crippen LogP contribution is 2.47. The van der Waals surface area contributed by atoms with Gasteiger partial charge in [-0.1, -0.05) is 72.3 Å². The van der Waals surface area contributed by atoms with Crippen LogP contribution in [0.5, 0.6) is 17.5 Å². The van der Waals surface area contributed by atoms with Gasteiger partial charge in [0.25, 0.3) is 0 Å². The van der Waals surface area contributed by atoms with Crippen LogP contribution in [0.1, 0.15) is 23.1 Å². The highest BCUT2D eigenvalue weighted by molar-refractivity contribution is 6.30. The first-order chi connectivity index (χ1) is 23.4. The highest BCUT2D eigenvalue weighted by Gasteiger charge is 2.35. The van der Waals surface area contributed by atoms with Gasteiger partial charge < -0.3 is 24.4 Å². The van der Waals surface area contributed by atoms with Gasteiger partial charge in [-0.3, -0.25) is 4.79 Å². The second-order valence-corrected chi connectivity index (χ2v) is 12.3. The van der Waals surface area contributed by atoms with E-state index in [0.29, 0.717) is 61.2 Å². The number of aromatic nitrogens is 1. The Hall–Kier alpha value is -5.15. The number of fused-ring (bicyclic) bond motifs is 1. The van der Waals surface area contributed by atoms with Gasteiger partial charge >= 0.3 is 0 Å². The molecule has 0 bridgehead atoms. The van der Waals surface area contributed by atoms with Gasteiger partial charge in [0.15, 0.2) is 0 Å². The molecule has 2 aliphatic heterocycles. The Kier molecular flexibility index (Phi) is 9.12. The molecule has 0 atom stereocenters. The fraction of sp³-hybridized carbons (Fsp3) is 0.211. The molecule has 5 aromatic rings. The van der Waals surface area contributed by atoms with Crippen molar-refractivity contribution < 1.29 is 27.8 Å². The van der Waals surface area contributed by atoms with Crippen molar-refractivity contribution in [3.63, 3.8) is 0 Å². The maximum atomic E-state index is 16.2.